The van der Waals surface area contributed by atoms with Crippen molar-refractivity contribution in [2.75, 3.05) is 7.11 Å². The van der Waals surface area contributed by atoms with Gasteiger partial charge in [-0.15, -0.1) is 0 Å². The largest absolute Gasteiger partial charge is 0.370 e. The van der Waals surface area contributed by atoms with Gasteiger partial charge in [0.25, 0.3) is 0 Å². The first kappa shape index (κ1) is 14.1. The molecule has 3 nitrogen and oxygen atoms in total. The molecule has 0 unspecified atom stereocenters. The lowest BCUT2D eigenvalue weighted by atomic mass is 9.96. The molecule has 0 atom stereocenters. The average Bonchev–Trinajstić information content (AvgIpc) is 2.29. The van der Waals surface area contributed by atoms with E-state index < -0.39 is 5.60 Å². The molecule has 0 N–H and O–H groups in total. The Morgan fingerprint density at radius 3 is 2.25 bits per heavy atom. The molecule has 16 heavy (non-hydrogen) atoms. The molecule has 0 aliphatic rings. The summed E-state index contributed by atoms with van der Waals surface area (Å²) in [5.41, 5.74) is 0.484. The van der Waals surface area contributed by atoms with Gasteiger partial charge in [0.1, 0.15) is 10.8 Å². The van der Waals surface area contributed by atoms with Gasteiger partial charge in [-0.2, -0.15) is 0 Å². The number of hydrogen-bond acceptors (Lipinski definition) is 3. The van der Waals surface area contributed by atoms with Gasteiger partial charge < -0.3 is 4.74 Å². The monoisotopic (exact) mass is 354 g/mol. The summed E-state index contributed by atoms with van der Waals surface area (Å²) in [4.78, 5) is 8.83. The van der Waals surface area contributed by atoms with Gasteiger partial charge in [0.15, 0.2) is 5.82 Å². The van der Waals surface area contributed by atoms with Gasteiger partial charge in [-0.25, -0.2) is 9.97 Å². The predicted molar refractivity (Wildman–Crippen MR) is 73.8 cm³/mol. The average molecular weight is 355 g/mol. The van der Waals surface area contributed by atoms with Crippen molar-refractivity contribution in [3.05, 3.63) is 20.2 Å². The summed E-state index contributed by atoms with van der Waals surface area (Å²) in [5.74, 6) is 0.683. The fourth-order valence-corrected chi connectivity index (χ4v) is 2.13. The van der Waals surface area contributed by atoms with E-state index in [1.54, 1.807) is 7.11 Å². The molecule has 1 rings (SSSR count). The summed E-state index contributed by atoms with van der Waals surface area (Å²) in [7, 11) is 1.69. The number of methoxy groups -OCH3 is 1. The Morgan fingerprint density at radius 2 is 1.88 bits per heavy atom. The lowest BCUT2D eigenvalue weighted by Crippen LogP contribution is -2.30. The molecule has 0 saturated carbocycles. The molecule has 0 aliphatic heterocycles. The molecule has 1 aromatic heterocycles. The molecule has 0 amide bonds. The molecule has 0 bridgehead atoms. The number of aromatic nitrogens is 2. The van der Waals surface area contributed by atoms with E-state index in [1.165, 1.54) is 0 Å². The van der Waals surface area contributed by atoms with E-state index in [2.05, 4.69) is 46.4 Å². The highest BCUT2D eigenvalue weighted by Crippen LogP contribution is 2.31. The predicted octanol–water partition coefficient (Wildman–Crippen LogP) is 3.70. The second-order valence-electron chi connectivity index (χ2n) is 3.64. The second-order valence-corrected chi connectivity index (χ2v) is 5.08. The van der Waals surface area contributed by atoms with E-state index >= 15 is 0 Å². The zero-order chi connectivity index (χ0) is 12.3. The highest BCUT2D eigenvalue weighted by atomic mass is 127. The SMILES string of the molecule is CCC(CC)(OC)c1nc(C)c(I)c(Cl)n1. The van der Waals surface area contributed by atoms with Crippen LogP contribution in [0.3, 0.4) is 0 Å². The maximum Gasteiger partial charge on any atom is 0.162 e. The van der Waals surface area contributed by atoms with Crippen LogP contribution in [0.15, 0.2) is 0 Å². The number of aryl methyl sites for hydroxylation is 1. The smallest absolute Gasteiger partial charge is 0.162 e. The van der Waals surface area contributed by atoms with E-state index in [4.69, 9.17) is 16.3 Å². The van der Waals surface area contributed by atoms with Crippen LogP contribution < -0.4 is 0 Å². The second kappa shape index (κ2) is 5.60. The Bertz CT molecular complexity index is 349. The number of ether oxygens (including phenoxy) is 1. The Labute approximate surface area is 115 Å². The summed E-state index contributed by atoms with van der Waals surface area (Å²) in [6.45, 7) is 6.07. The molecule has 90 valence electrons. The highest BCUT2D eigenvalue weighted by molar-refractivity contribution is 14.1. The fraction of sp³-hybridized carbons (Fsp3) is 0.636. The molecule has 0 fully saturated rings. The van der Waals surface area contributed by atoms with Crippen molar-refractivity contribution in [1.29, 1.82) is 0 Å². The van der Waals surface area contributed by atoms with Crippen LogP contribution in [-0.4, -0.2) is 17.1 Å². The molecule has 5 heteroatoms. The van der Waals surface area contributed by atoms with Crippen molar-refractivity contribution >= 4 is 34.2 Å². The summed E-state index contributed by atoms with van der Waals surface area (Å²) in [6, 6.07) is 0. The van der Waals surface area contributed by atoms with E-state index in [1.807, 2.05) is 6.92 Å². The zero-order valence-corrected chi connectivity index (χ0v) is 12.9. The van der Waals surface area contributed by atoms with E-state index in [0.717, 1.165) is 22.1 Å². The number of hydrogen-bond donors (Lipinski definition) is 0. The first-order valence-electron chi connectivity index (χ1n) is 5.26. The van der Waals surface area contributed by atoms with Crippen molar-refractivity contribution in [1.82, 2.24) is 9.97 Å². The summed E-state index contributed by atoms with van der Waals surface area (Å²) >= 11 is 8.23. The lowest BCUT2D eigenvalue weighted by Gasteiger charge is -2.28. The van der Waals surface area contributed by atoms with Crippen LogP contribution in [0.5, 0.6) is 0 Å². The Morgan fingerprint density at radius 1 is 1.31 bits per heavy atom. The summed E-state index contributed by atoms with van der Waals surface area (Å²) in [6.07, 6.45) is 1.66. The maximum atomic E-state index is 6.08. The first-order chi connectivity index (χ1) is 7.50. The third kappa shape index (κ3) is 2.49. The molecule has 0 spiro atoms. The zero-order valence-electron chi connectivity index (χ0n) is 9.97. The molecule has 1 aromatic rings. The summed E-state index contributed by atoms with van der Waals surface area (Å²) < 4.78 is 6.49. The molecule has 0 aliphatic carbocycles. The van der Waals surface area contributed by atoms with Crippen LogP contribution >= 0.6 is 34.2 Å². The minimum Gasteiger partial charge on any atom is -0.370 e. The van der Waals surface area contributed by atoms with Crippen molar-refractivity contribution in [2.24, 2.45) is 0 Å². The van der Waals surface area contributed by atoms with Crippen LogP contribution in [0.2, 0.25) is 5.15 Å². The Hall–Kier alpha value is 0.0600. The normalized spacial score (nSPS) is 11.9. The van der Waals surface area contributed by atoms with Gasteiger partial charge in [-0.1, -0.05) is 25.4 Å². The Balaban J connectivity index is 3.31. The fourth-order valence-electron chi connectivity index (χ4n) is 1.67. The molecular weight excluding hydrogens is 338 g/mol. The molecule has 0 aromatic carbocycles. The highest BCUT2D eigenvalue weighted by Gasteiger charge is 2.32. The third-order valence-electron chi connectivity index (χ3n) is 2.92. The van der Waals surface area contributed by atoms with Crippen LogP contribution in [0, 0.1) is 10.5 Å². The van der Waals surface area contributed by atoms with E-state index in [9.17, 15) is 0 Å². The molecule has 0 radical (unpaired) electrons. The van der Waals surface area contributed by atoms with Crippen LogP contribution in [0.4, 0.5) is 0 Å². The third-order valence-corrected chi connectivity index (χ3v) is 4.80. The van der Waals surface area contributed by atoms with Crippen molar-refractivity contribution in [2.45, 2.75) is 39.2 Å². The maximum absolute atomic E-state index is 6.08. The van der Waals surface area contributed by atoms with Crippen LogP contribution in [0.1, 0.15) is 38.2 Å². The van der Waals surface area contributed by atoms with Crippen molar-refractivity contribution in [3.8, 4) is 0 Å². The molecular formula is C11H16ClIN2O. The number of nitrogens with zero attached hydrogens (tertiary/aromatic N) is 2. The lowest BCUT2D eigenvalue weighted by molar-refractivity contribution is -0.0293. The number of rotatable bonds is 4. The Kier molecular flexibility index (Phi) is 4.94. The van der Waals surface area contributed by atoms with E-state index in [0.29, 0.717) is 11.0 Å². The van der Waals surface area contributed by atoms with Crippen LogP contribution in [0.25, 0.3) is 0 Å². The number of halogens is 2. The molecule has 0 saturated heterocycles. The minimum atomic E-state index is -0.418. The standard InChI is InChI=1S/C11H16ClIN2O/c1-5-11(6-2,16-4)10-14-7(3)8(13)9(12)15-10/h5-6H2,1-4H3. The van der Waals surface area contributed by atoms with Crippen LogP contribution in [-0.2, 0) is 10.3 Å². The topological polar surface area (TPSA) is 35.0 Å². The quantitative estimate of drug-likeness (QED) is 0.611. The van der Waals surface area contributed by atoms with Crippen molar-refractivity contribution in [3.63, 3.8) is 0 Å². The minimum absolute atomic E-state index is 0.418. The van der Waals surface area contributed by atoms with Gasteiger partial charge >= 0.3 is 0 Å². The molecule has 1 heterocycles. The van der Waals surface area contributed by atoms with Gasteiger partial charge in [-0.05, 0) is 42.4 Å². The summed E-state index contributed by atoms with van der Waals surface area (Å²) in [5, 5.41) is 0.506. The van der Waals surface area contributed by atoms with Gasteiger partial charge in [-0.3, -0.25) is 0 Å². The van der Waals surface area contributed by atoms with Gasteiger partial charge in [0.2, 0.25) is 0 Å². The van der Waals surface area contributed by atoms with Gasteiger partial charge in [0.05, 0.1) is 9.26 Å². The van der Waals surface area contributed by atoms with Gasteiger partial charge in [0, 0.05) is 7.11 Å². The van der Waals surface area contributed by atoms with E-state index in [-0.39, 0.29) is 0 Å². The van der Waals surface area contributed by atoms with Crippen molar-refractivity contribution < 1.29 is 4.74 Å². The first-order valence-corrected chi connectivity index (χ1v) is 6.71.